The summed E-state index contributed by atoms with van der Waals surface area (Å²) in [5.74, 6) is -0.487. The molecule has 1 aromatic carbocycles. The topological polar surface area (TPSA) is 62.6 Å². The average Bonchev–Trinajstić information content (AvgIpc) is 3.07. The zero-order valence-corrected chi connectivity index (χ0v) is 18.6. The first-order valence-corrected chi connectivity index (χ1v) is 10.9. The first-order chi connectivity index (χ1) is 14.8. The number of urea groups is 1. The van der Waals surface area contributed by atoms with Gasteiger partial charge in [-0.25, -0.2) is 4.79 Å². The molecule has 31 heavy (non-hydrogen) atoms. The van der Waals surface area contributed by atoms with Crippen LogP contribution in [0.15, 0.2) is 35.9 Å². The maximum atomic E-state index is 12.5. The summed E-state index contributed by atoms with van der Waals surface area (Å²) in [4.78, 5) is 39.0. The van der Waals surface area contributed by atoms with Crippen LogP contribution in [0.2, 0.25) is 0 Å². The molecule has 1 aliphatic carbocycles. The van der Waals surface area contributed by atoms with Gasteiger partial charge in [-0.1, -0.05) is 31.4 Å². The van der Waals surface area contributed by atoms with Crippen molar-refractivity contribution in [3.05, 3.63) is 58.4 Å². The minimum Gasteiger partial charge on any atom is -0.318 e. The Morgan fingerprint density at radius 3 is 2.03 bits per heavy atom. The monoisotopic (exact) mass is 419 g/mol. The van der Waals surface area contributed by atoms with Crippen LogP contribution in [-0.2, 0) is 9.59 Å². The van der Waals surface area contributed by atoms with Crippen LogP contribution in [0.3, 0.4) is 0 Å². The van der Waals surface area contributed by atoms with E-state index in [1.807, 2.05) is 19.9 Å². The Bertz CT molecular complexity index is 1050. The molecule has 2 aromatic rings. The lowest BCUT2D eigenvalue weighted by Gasteiger charge is -2.28. The van der Waals surface area contributed by atoms with Gasteiger partial charge in [-0.3, -0.25) is 19.4 Å². The fourth-order valence-corrected chi connectivity index (χ4v) is 4.79. The van der Waals surface area contributed by atoms with Gasteiger partial charge in [-0.2, -0.15) is 0 Å². The number of amides is 4. The molecular weight excluding hydrogens is 390 g/mol. The summed E-state index contributed by atoms with van der Waals surface area (Å²) in [5, 5.41) is 0. The highest BCUT2D eigenvalue weighted by Crippen LogP contribution is 2.33. The van der Waals surface area contributed by atoms with Crippen LogP contribution < -0.4 is 0 Å². The van der Waals surface area contributed by atoms with Gasteiger partial charge in [0.1, 0.15) is 5.57 Å². The summed E-state index contributed by atoms with van der Waals surface area (Å²) in [6.45, 7) is 3.99. The summed E-state index contributed by atoms with van der Waals surface area (Å²) in [7, 11) is 2.77. The van der Waals surface area contributed by atoms with Crippen molar-refractivity contribution in [1.82, 2.24) is 14.4 Å². The SMILES string of the molecule is Cc1cc(C=C2C(=O)N(C)C(=O)N(C)C2=O)c(C)n1-c1ccc(C2CCCCC2)cc1. The van der Waals surface area contributed by atoms with Crippen molar-refractivity contribution in [2.75, 3.05) is 14.1 Å². The van der Waals surface area contributed by atoms with Crippen molar-refractivity contribution in [1.29, 1.82) is 0 Å². The number of carbonyl (C=O) groups is 3. The largest absolute Gasteiger partial charge is 0.333 e. The Hall–Kier alpha value is -3.15. The highest BCUT2D eigenvalue weighted by molar-refractivity contribution is 6.30. The molecule has 6 nitrogen and oxygen atoms in total. The van der Waals surface area contributed by atoms with Crippen molar-refractivity contribution >= 4 is 23.9 Å². The molecule has 0 atom stereocenters. The third-order valence-electron chi connectivity index (χ3n) is 6.64. The Morgan fingerprint density at radius 2 is 1.45 bits per heavy atom. The Labute approximate surface area is 183 Å². The number of imide groups is 2. The average molecular weight is 420 g/mol. The molecule has 0 unspecified atom stereocenters. The first-order valence-electron chi connectivity index (χ1n) is 10.9. The van der Waals surface area contributed by atoms with Crippen molar-refractivity contribution in [3.63, 3.8) is 0 Å². The number of rotatable bonds is 3. The van der Waals surface area contributed by atoms with Gasteiger partial charge in [0.2, 0.25) is 0 Å². The molecule has 2 fully saturated rings. The van der Waals surface area contributed by atoms with Crippen molar-refractivity contribution < 1.29 is 14.4 Å². The highest BCUT2D eigenvalue weighted by Gasteiger charge is 2.38. The molecule has 162 valence electrons. The number of benzene rings is 1. The molecule has 1 aliphatic heterocycles. The van der Waals surface area contributed by atoms with Gasteiger partial charge in [0, 0.05) is 31.2 Å². The van der Waals surface area contributed by atoms with Crippen LogP contribution in [0.1, 0.15) is 60.5 Å². The van der Waals surface area contributed by atoms with Crippen LogP contribution in [-0.4, -0.2) is 46.3 Å². The van der Waals surface area contributed by atoms with Gasteiger partial charge in [-0.05, 0) is 68.0 Å². The van der Waals surface area contributed by atoms with Crippen molar-refractivity contribution in [2.45, 2.75) is 51.9 Å². The second-order valence-electron chi connectivity index (χ2n) is 8.66. The lowest BCUT2D eigenvalue weighted by atomic mass is 9.84. The van der Waals surface area contributed by atoms with E-state index >= 15 is 0 Å². The van der Waals surface area contributed by atoms with Gasteiger partial charge in [-0.15, -0.1) is 0 Å². The number of aromatic nitrogens is 1. The molecule has 0 spiro atoms. The number of hydrogen-bond donors (Lipinski definition) is 0. The molecular formula is C25H29N3O3. The number of aryl methyl sites for hydroxylation is 1. The van der Waals surface area contributed by atoms with Gasteiger partial charge in [0.25, 0.3) is 11.8 Å². The molecule has 1 saturated carbocycles. The minimum atomic E-state index is -0.615. The summed E-state index contributed by atoms with van der Waals surface area (Å²) in [6.07, 6.45) is 8.11. The van der Waals surface area contributed by atoms with Gasteiger partial charge in [0.15, 0.2) is 0 Å². The van der Waals surface area contributed by atoms with E-state index < -0.39 is 17.8 Å². The standard InChI is InChI=1S/C25H29N3O3/c1-16-14-20(15-22-23(29)26(3)25(31)27(4)24(22)30)17(2)28(16)21-12-10-19(11-13-21)18-8-6-5-7-9-18/h10-15,18H,5-9H2,1-4H3. The molecule has 1 aromatic heterocycles. The number of nitrogens with zero attached hydrogens (tertiary/aromatic N) is 3. The normalized spacial score (nSPS) is 18.2. The minimum absolute atomic E-state index is 0.00232. The molecule has 2 heterocycles. The number of barbiturate groups is 1. The lowest BCUT2D eigenvalue weighted by Crippen LogP contribution is -2.52. The van der Waals surface area contributed by atoms with Crippen molar-refractivity contribution in [3.8, 4) is 5.69 Å². The Kier molecular flexibility index (Phi) is 5.56. The van der Waals surface area contributed by atoms with E-state index in [2.05, 4.69) is 28.8 Å². The number of likely N-dealkylation sites (N-methyl/N-ethyl adjacent to an activating group) is 2. The molecule has 1 saturated heterocycles. The molecule has 6 heteroatoms. The maximum Gasteiger partial charge on any atom is 0.333 e. The predicted octanol–water partition coefficient (Wildman–Crippen LogP) is 4.58. The third kappa shape index (κ3) is 3.71. The molecule has 0 N–H and O–H groups in total. The van der Waals surface area contributed by atoms with E-state index in [9.17, 15) is 14.4 Å². The first kappa shape index (κ1) is 21.1. The van der Waals surface area contributed by atoms with E-state index in [0.717, 1.165) is 32.4 Å². The molecule has 4 amide bonds. The molecule has 4 rings (SSSR count). The van der Waals surface area contributed by atoms with Gasteiger partial charge in [0.05, 0.1) is 0 Å². The molecule has 0 radical (unpaired) electrons. The van der Waals surface area contributed by atoms with Gasteiger partial charge >= 0.3 is 6.03 Å². The van der Waals surface area contributed by atoms with E-state index in [1.54, 1.807) is 6.08 Å². The highest BCUT2D eigenvalue weighted by atomic mass is 16.2. The van der Waals surface area contributed by atoms with Gasteiger partial charge < -0.3 is 4.57 Å². The zero-order chi connectivity index (χ0) is 22.3. The van der Waals surface area contributed by atoms with Crippen LogP contribution in [0.4, 0.5) is 4.79 Å². The number of carbonyl (C=O) groups excluding carboxylic acids is 3. The fraction of sp³-hybridized carbons (Fsp3) is 0.400. The summed E-state index contributed by atoms with van der Waals surface area (Å²) in [6, 6.07) is 10.1. The van der Waals surface area contributed by atoms with Crippen LogP contribution >= 0.6 is 0 Å². The lowest BCUT2D eigenvalue weighted by molar-refractivity contribution is -0.134. The van der Waals surface area contributed by atoms with Crippen molar-refractivity contribution in [2.24, 2.45) is 0 Å². The second kappa shape index (κ2) is 8.17. The molecule has 2 aliphatic rings. The number of hydrogen-bond acceptors (Lipinski definition) is 3. The summed E-state index contributed by atoms with van der Waals surface area (Å²) < 4.78 is 2.13. The van der Waals surface area contributed by atoms with Crippen LogP contribution in [0, 0.1) is 13.8 Å². The third-order valence-corrected chi connectivity index (χ3v) is 6.64. The Morgan fingerprint density at radius 1 is 0.871 bits per heavy atom. The van der Waals surface area contributed by atoms with E-state index in [-0.39, 0.29) is 5.57 Å². The fourth-order valence-electron chi connectivity index (χ4n) is 4.79. The van der Waals surface area contributed by atoms with E-state index in [0.29, 0.717) is 5.92 Å². The Balaban J connectivity index is 1.66. The van der Waals surface area contributed by atoms with E-state index in [1.165, 1.54) is 51.8 Å². The maximum absolute atomic E-state index is 12.5. The second-order valence-corrected chi connectivity index (χ2v) is 8.66. The summed E-state index contributed by atoms with van der Waals surface area (Å²) in [5.41, 5.74) is 5.22. The summed E-state index contributed by atoms with van der Waals surface area (Å²) >= 11 is 0. The predicted molar refractivity (Wildman–Crippen MR) is 120 cm³/mol. The van der Waals surface area contributed by atoms with Crippen LogP contribution in [0.25, 0.3) is 11.8 Å². The van der Waals surface area contributed by atoms with Crippen LogP contribution in [0.5, 0.6) is 0 Å². The smallest absolute Gasteiger partial charge is 0.318 e. The van der Waals surface area contributed by atoms with E-state index in [4.69, 9.17) is 0 Å². The molecule has 0 bridgehead atoms. The quantitative estimate of drug-likeness (QED) is 0.541. The zero-order valence-electron chi connectivity index (χ0n) is 18.6.